The van der Waals surface area contributed by atoms with Crippen LogP contribution in [0.4, 0.5) is 5.69 Å². The minimum atomic E-state index is -0.975. The lowest BCUT2D eigenvalue weighted by atomic mass is 9.99. The van der Waals surface area contributed by atoms with Crippen molar-refractivity contribution in [1.82, 2.24) is 4.98 Å². The van der Waals surface area contributed by atoms with Crippen molar-refractivity contribution in [3.05, 3.63) is 54.7 Å². The number of aromatic nitrogens is 1. The summed E-state index contributed by atoms with van der Waals surface area (Å²) in [5, 5.41) is 13.4. The lowest BCUT2D eigenvalue weighted by molar-refractivity contribution is -0.144. The van der Waals surface area contributed by atoms with Crippen molar-refractivity contribution >= 4 is 22.6 Å². The van der Waals surface area contributed by atoms with Gasteiger partial charge in [-0.05, 0) is 23.8 Å². The Morgan fingerprint density at radius 2 is 2.00 bits per heavy atom. The molecule has 4 rings (SSSR count). The number of fused-ring (bicyclic) bond motifs is 2. The van der Waals surface area contributed by atoms with Gasteiger partial charge in [0.05, 0.1) is 17.7 Å². The standard InChI is InChI=1S/C18H14N2O3/c21-18(22)16-10-20-15-7-3-5-13(17(15)23-16)11-8-9-19-14-6-2-1-4-12(11)14/h1-9,16,20H,10H2,(H,21,22). The summed E-state index contributed by atoms with van der Waals surface area (Å²) in [4.78, 5) is 15.6. The average Bonchev–Trinajstić information content (AvgIpc) is 2.60. The van der Waals surface area contributed by atoms with Crippen LogP contribution in [0.1, 0.15) is 0 Å². The van der Waals surface area contributed by atoms with Gasteiger partial charge in [-0.2, -0.15) is 0 Å². The SMILES string of the molecule is O=C(O)C1CNc2cccc(-c3ccnc4ccccc34)c2O1. The molecule has 5 heteroatoms. The van der Waals surface area contributed by atoms with E-state index in [1.807, 2.05) is 48.5 Å². The summed E-state index contributed by atoms with van der Waals surface area (Å²) in [5.41, 5.74) is 3.53. The maximum Gasteiger partial charge on any atom is 0.346 e. The number of carboxylic acids is 1. The summed E-state index contributed by atoms with van der Waals surface area (Å²) >= 11 is 0. The van der Waals surface area contributed by atoms with Crippen molar-refractivity contribution in [1.29, 1.82) is 0 Å². The number of anilines is 1. The third-order valence-electron chi connectivity index (χ3n) is 3.97. The number of para-hydroxylation sites is 2. The first-order chi connectivity index (χ1) is 11.2. The van der Waals surface area contributed by atoms with Gasteiger partial charge in [-0.25, -0.2) is 4.79 Å². The highest BCUT2D eigenvalue weighted by molar-refractivity contribution is 5.97. The quantitative estimate of drug-likeness (QED) is 0.761. The van der Waals surface area contributed by atoms with Crippen molar-refractivity contribution in [2.24, 2.45) is 0 Å². The molecule has 0 saturated heterocycles. The third-order valence-corrected chi connectivity index (χ3v) is 3.97. The van der Waals surface area contributed by atoms with Gasteiger partial charge in [-0.3, -0.25) is 4.98 Å². The van der Waals surface area contributed by atoms with Gasteiger partial charge in [0.1, 0.15) is 0 Å². The van der Waals surface area contributed by atoms with Crippen LogP contribution in [0.5, 0.6) is 5.75 Å². The molecule has 0 fully saturated rings. The Hall–Kier alpha value is -3.08. The summed E-state index contributed by atoms with van der Waals surface area (Å²) in [7, 11) is 0. The summed E-state index contributed by atoms with van der Waals surface area (Å²) < 4.78 is 5.75. The van der Waals surface area contributed by atoms with Crippen molar-refractivity contribution < 1.29 is 14.6 Å². The fourth-order valence-electron chi connectivity index (χ4n) is 2.87. The number of carboxylic acid groups (broad SMARTS) is 1. The van der Waals surface area contributed by atoms with Crippen molar-refractivity contribution in [2.45, 2.75) is 6.10 Å². The number of rotatable bonds is 2. The molecule has 1 atom stereocenters. The number of hydrogen-bond acceptors (Lipinski definition) is 4. The van der Waals surface area contributed by atoms with E-state index >= 15 is 0 Å². The molecular weight excluding hydrogens is 292 g/mol. The van der Waals surface area contributed by atoms with E-state index in [1.54, 1.807) is 6.20 Å². The van der Waals surface area contributed by atoms with E-state index < -0.39 is 12.1 Å². The van der Waals surface area contributed by atoms with Crippen molar-refractivity contribution in [3.63, 3.8) is 0 Å². The Kier molecular flexibility index (Phi) is 3.12. The molecule has 3 aromatic rings. The molecule has 0 spiro atoms. The minimum Gasteiger partial charge on any atom is -0.478 e. The number of pyridine rings is 1. The maximum atomic E-state index is 11.2. The van der Waals surface area contributed by atoms with Crippen LogP contribution in [0.15, 0.2) is 54.7 Å². The molecule has 23 heavy (non-hydrogen) atoms. The molecule has 1 aliphatic rings. The Morgan fingerprint density at radius 3 is 2.87 bits per heavy atom. The summed E-state index contributed by atoms with van der Waals surface area (Å²) in [5.74, 6) is -0.403. The lowest BCUT2D eigenvalue weighted by Crippen LogP contribution is -2.37. The largest absolute Gasteiger partial charge is 0.478 e. The van der Waals surface area contributed by atoms with E-state index in [1.165, 1.54) is 0 Å². The first kappa shape index (κ1) is 13.6. The summed E-state index contributed by atoms with van der Waals surface area (Å²) in [6.07, 6.45) is 0.860. The number of aliphatic carboxylic acids is 1. The number of hydrogen-bond donors (Lipinski definition) is 2. The molecular formula is C18H14N2O3. The predicted molar refractivity (Wildman–Crippen MR) is 87.7 cm³/mol. The van der Waals surface area contributed by atoms with Crippen LogP contribution in [-0.4, -0.2) is 28.7 Å². The molecule has 0 aliphatic carbocycles. The zero-order valence-corrected chi connectivity index (χ0v) is 12.2. The van der Waals surface area contributed by atoms with Gasteiger partial charge in [0.25, 0.3) is 0 Å². The second-order valence-electron chi connectivity index (χ2n) is 5.38. The van der Waals surface area contributed by atoms with Gasteiger partial charge in [0.2, 0.25) is 6.10 Å². The molecule has 1 unspecified atom stereocenters. The highest BCUT2D eigenvalue weighted by atomic mass is 16.5. The van der Waals surface area contributed by atoms with E-state index in [2.05, 4.69) is 10.3 Å². The van der Waals surface area contributed by atoms with Gasteiger partial charge >= 0.3 is 5.97 Å². The zero-order valence-electron chi connectivity index (χ0n) is 12.2. The van der Waals surface area contributed by atoms with E-state index in [4.69, 9.17) is 4.74 Å². The summed E-state index contributed by atoms with van der Waals surface area (Å²) in [6, 6.07) is 15.5. The van der Waals surface area contributed by atoms with Gasteiger partial charge < -0.3 is 15.2 Å². The van der Waals surface area contributed by atoms with Crippen LogP contribution >= 0.6 is 0 Å². The average molecular weight is 306 g/mol. The number of nitrogens with one attached hydrogen (secondary N) is 1. The predicted octanol–water partition coefficient (Wildman–Crippen LogP) is 3.16. The second-order valence-corrected chi connectivity index (χ2v) is 5.38. The van der Waals surface area contributed by atoms with Crippen LogP contribution in [0.3, 0.4) is 0 Å². The third kappa shape index (κ3) is 2.26. The van der Waals surface area contributed by atoms with Crippen LogP contribution in [0.2, 0.25) is 0 Å². The molecule has 1 aliphatic heterocycles. The topological polar surface area (TPSA) is 71.5 Å². The molecule has 2 heterocycles. The van der Waals surface area contributed by atoms with Gasteiger partial charge in [-0.15, -0.1) is 0 Å². The molecule has 114 valence electrons. The van der Waals surface area contributed by atoms with Crippen LogP contribution in [0, 0.1) is 0 Å². The first-order valence-corrected chi connectivity index (χ1v) is 7.34. The number of benzene rings is 2. The van der Waals surface area contributed by atoms with E-state index in [0.717, 1.165) is 27.7 Å². The Labute approximate surface area is 132 Å². The zero-order chi connectivity index (χ0) is 15.8. The molecule has 2 aromatic carbocycles. The summed E-state index contributed by atoms with van der Waals surface area (Å²) in [6.45, 7) is 0.253. The van der Waals surface area contributed by atoms with Crippen molar-refractivity contribution in [2.75, 3.05) is 11.9 Å². The fraction of sp³-hybridized carbons (Fsp3) is 0.111. The maximum absolute atomic E-state index is 11.2. The normalized spacial score (nSPS) is 16.3. The molecule has 0 radical (unpaired) electrons. The van der Waals surface area contributed by atoms with Crippen LogP contribution in [-0.2, 0) is 4.79 Å². The van der Waals surface area contributed by atoms with E-state index in [9.17, 15) is 9.90 Å². The Bertz CT molecular complexity index is 902. The smallest absolute Gasteiger partial charge is 0.346 e. The van der Waals surface area contributed by atoms with Gasteiger partial charge in [-0.1, -0.05) is 30.3 Å². The van der Waals surface area contributed by atoms with Crippen LogP contribution < -0.4 is 10.1 Å². The van der Waals surface area contributed by atoms with Gasteiger partial charge in [0, 0.05) is 17.1 Å². The molecule has 5 nitrogen and oxygen atoms in total. The highest BCUT2D eigenvalue weighted by Gasteiger charge is 2.27. The number of nitrogens with zero attached hydrogens (tertiary/aromatic N) is 1. The van der Waals surface area contributed by atoms with Gasteiger partial charge in [0.15, 0.2) is 5.75 Å². The fourth-order valence-corrected chi connectivity index (χ4v) is 2.87. The van der Waals surface area contributed by atoms with Crippen LogP contribution in [0.25, 0.3) is 22.0 Å². The molecule has 1 aromatic heterocycles. The Balaban J connectivity index is 1.91. The molecule has 2 N–H and O–H groups in total. The molecule has 0 bridgehead atoms. The van der Waals surface area contributed by atoms with E-state index in [-0.39, 0.29) is 6.54 Å². The molecule has 0 saturated carbocycles. The monoisotopic (exact) mass is 306 g/mol. The van der Waals surface area contributed by atoms with E-state index in [0.29, 0.717) is 5.75 Å². The highest BCUT2D eigenvalue weighted by Crippen LogP contribution is 2.41. The second kappa shape index (κ2) is 5.28. The lowest BCUT2D eigenvalue weighted by Gasteiger charge is -2.26. The first-order valence-electron chi connectivity index (χ1n) is 7.34. The number of carbonyl (C=O) groups is 1. The molecule has 0 amide bonds. The minimum absolute atomic E-state index is 0.253. The number of ether oxygens (including phenoxy) is 1. The van der Waals surface area contributed by atoms with Crippen molar-refractivity contribution in [3.8, 4) is 16.9 Å². The Morgan fingerprint density at radius 1 is 1.13 bits per heavy atom.